The van der Waals surface area contributed by atoms with Gasteiger partial charge in [-0.15, -0.1) is 0 Å². The Kier molecular flexibility index (Phi) is 4.78. The summed E-state index contributed by atoms with van der Waals surface area (Å²) in [5, 5.41) is 0.662. The molecule has 0 N–H and O–H groups in total. The first-order valence-electron chi connectivity index (χ1n) is 6.40. The van der Waals surface area contributed by atoms with Crippen LogP contribution in [0.2, 0.25) is 10.0 Å². The molecule has 1 fully saturated rings. The van der Waals surface area contributed by atoms with Gasteiger partial charge in [0.25, 0.3) is 5.91 Å². The van der Waals surface area contributed by atoms with E-state index in [9.17, 15) is 4.79 Å². The summed E-state index contributed by atoms with van der Waals surface area (Å²) >= 11 is 12.1. The molecule has 110 valence electrons. The summed E-state index contributed by atoms with van der Waals surface area (Å²) in [5.74, 6) is 0.284. The Bertz CT molecular complexity index is 488. The molecule has 1 heterocycles. The average molecular weight is 318 g/mol. The van der Waals surface area contributed by atoms with Crippen molar-refractivity contribution in [1.82, 2.24) is 4.90 Å². The van der Waals surface area contributed by atoms with Gasteiger partial charge in [-0.2, -0.15) is 0 Å². The molecule has 2 atom stereocenters. The van der Waals surface area contributed by atoms with Gasteiger partial charge in [-0.25, -0.2) is 0 Å². The molecular formula is C14H17Cl2NO3. The number of carbonyl (C=O) groups is 1. The van der Waals surface area contributed by atoms with E-state index >= 15 is 0 Å². The summed E-state index contributed by atoms with van der Waals surface area (Å²) in [7, 11) is 1.49. The van der Waals surface area contributed by atoms with Gasteiger partial charge in [0.05, 0.1) is 29.4 Å². The van der Waals surface area contributed by atoms with Crippen molar-refractivity contribution >= 4 is 29.1 Å². The minimum atomic E-state index is -0.0987. The smallest absolute Gasteiger partial charge is 0.254 e. The van der Waals surface area contributed by atoms with Crippen LogP contribution in [0.15, 0.2) is 12.1 Å². The molecule has 1 aliphatic heterocycles. The highest BCUT2D eigenvalue weighted by Gasteiger charge is 2.27. The Balaban J connectivity index is 2.25. The molecule has 1 aliphatic rings. The Morgan fingerprint density at radius 1 is 1.25 bits per heavy atom. The van der Waals surface area contributed by atoms with E-state index < -0.39 is 0 Å². The minimum absolute atomic E-state index is 0.0203. The minimum Gasteiger partial charge on any atom is -0.494 e. The molecule has 0 saturated carbocycles. The van der Waals surface area contributed by atoms with Crippen molar-refractivity contribution in [3.8, 4) is 5.75 Å². The highest BCUT2D eigenvalue weighted by molar-refractivity contribution is 6.37. The Hall–Kier alpha value is -0.970. The fourth-order valence-electron chi connectivity index (χ4n) is 2.40. The monoisotopic (exact) mass is 317 g/mol. The molecule has 1 amide bonds. The molecule has 4 nitrogen and oxygen atoms in total. The SMILES string of the molecule is COc1c(Cl)cc(C(=O)N2CC(C)OC(C)C2)cc1Cl. The summed E-state index contributed by atoms with van der Waals surface area (Å²) in [6, 6.07) is 3.17. The van der Waals surface area contributed by atoms with Gasteiger partial charge in [0.15, 0.2) is 5.75 Å². The molecular weight excluding hydrogens is 301 g/mol. The van der Waals surface area contributed by atoms with E-state index in [1.807, 2.05) is 13.8 Å². The predicted molar refractivity (Wildman–Crippen MR) is 78.9 cm³/mol. The molecule has 0 aliphatic carbocycles. The topological polar surface area (TPSA) is 38.8 Å². The van der Waals surface area contributed by atoms with E-state index in [0.717, 1.165) is 0 Å². The van der Waals surface area contributed by atoms with Crippen LogP contribution in [0.25, 0.3) is 0 Å². The van der Waals surface area contributed by atoms with Crippen LogP contribution >= 0.6 is 23.2 Å². The fraction of sp³-hybridized carbons (Fsp3) is 0.500. The summed E-state index contributed by atoms with van der Waals surface area (Å²) in [6.07, 6.45) is 0.0405. The van der Waals surface area contributed by atoms with Crippen molar-refractivity contribution in [2.45, 2.75) is 26.1 Å². The van der Waals surface area contributed by atoms with E-state index in [1.165, 1.54) is 7.11 Å². The van der Waals surface area contributed by atoms with E-state index in [0.29, 0.717) is 34.4 Å². The summed E-state index contributed by atoms with van der Waals surface area (Å²) in [6.45, 7) is 5.02. The maximum Gasteiger partial charge on any atom is 0.254 e. The number of rotatable bonds is 2. The first-order valence-corrected chi connectivity index (χ1v) is 7.15. The van der Waals surface area contributed by atoms with Gasteiger partial charge in [-0.1, -0.05) is 23.2 Å². The molecule has 0 radical (unpaired) electrons. The van der Waals surface area contributed by atoms with Gasteiger partial charge in [0.1, 0.15) is 0 Å². The first kappa shape index (κ1) is 15.4. The standard InChI is InChI=1S/C14H17Cl2NO3/c1-8-6-17(7-9(2)20-8)14(18)10-4-11(15)13(19-3)12(16)5-10/h4-5,8-9H,6-7H2,1-3H3. The third kappa shape index (κ3) is 3.19. The molecule has 0 spiro atoms. The molecule has 1 aromatic carbocycles. The molecule has 2 unspecified atom stereocenters. The van der Waals surface area contributed by atoms with Crippen LogP contribution in [0.1, 0.15) is 24.2 Å². The Morgan fingerprint density at radius 2 is 1.75 bits per heavy atom. The van der Waals surface area contributed by atoms with Crippen molar-refractivity contribution in [3.05, 3.63) is 27.7 Å². The molecule has 1 aromatic rings. The number of benzene rings is 1. The van der Waals surface area contributed by atoms with Crippen LogP contribution in [0.4, 0.5) is 0 Å². The number of halogens is 2. The van der Waals surface area contributed by atoms with Gasteiger partial charge in [-0.3, -0.25) is 4.79 Å². The van der Waals surface area contributed by atoms with E-state index in [-0.39, 0.29) is 18.1 Å². The maximum absolute atomic E-state index is 12.5. The van der Waals surface area contributed by atoms with Crippen molar-refractivity contribution in [1.29, 1.82) is 0 Å². The van der Waals surface area contributed by atoms with Gasteiger partial charge in [0.2, 0.25) is 0 Å². The number of hydrogen-bond acceptors (Lipinski definition) is 3. The maximum atomic E-state index is 12.5. The molecule has 0 bridgehead atoms. The number of nitrogens with zero attached hydrogens (tertiary/aromatic N) is 1. The summed E-state index contributed by atoms with van der Waals surface area (Å²) < 4.78 is 10.7. The quantitative estimate of drug-likeness (QED) is 0.840. The van der Waals surface area contributed by atoms with Crippen molar-refractivity contribution in [2.24, 2.45) is 0 Å². The van der Waals surface area contributed by atoms with Gasteiger partial charge >= 0.3 is 0 Å². The summed E-state index contributed by atoms with van der Waals surface area (Å²) in [4.78, 5) is 14.3. The zero-order valence-corrected chi connectivity index (χ0v) is 13.2. The number of hydrogen-bond donors (Lipinski definition) is 0. The second-order valence-electron chi connectivity index (χ2n) is 4.94. The van der Waals surface area contributed by atoms with Crippen molar-refractivity contribution in [2.75, 3.05) is 20.2 Å². The van der Waals surface area contributed by atoms with Crippen LogP contribution in [-0.2, 0) is 4.74 Å². The third-order valence-corrected chi connectivity index (χ3v) is 3.72. The Morgan fingerprint density at radius 3 is 2.20 bits per heavy atom. The van der Waals surface area contributed by atoms with Crippen LogP contribution in [0.3, 0.4) is 0 Å². The van der Waals surface area contributed by atoms with Gasteiger partial charge in [0, 0.05) is 18.7 Å². The number of methoxy groups -OCH3 is 1. The number of morpholine rings is 1. The highest BCUT2D eigenvalue weighted by atomic mass is 35.5. The first-order chi connectivity index (χ1) is 9.42. The molecule has 6 heteroatoms. The number of amides is 1. The molecule has 0 aromatic heterocycles. The predicted octanol–water partition coefficient (Wildman–Crippen LogP) is 3.25. The van der Waals surface area contributed by atoms with E-state index in [1.54, 1.807) is 17.0 Å². The van der Waals surface area contributed by atoms with Gasteiger partial charge in [-0.05, 0) is 26.0 Å². The van der Waals surface area contributed by atoms with E-state index in [4.69, 9.17) is 32.7 Å². The molecule has 20 heavy (non-hydrogen) atoms. The lowest BCUT2D eigenvalue weighted by Gasteiger charge is -2.35. The lowest BCUT2D eigenvalue weighted by atomic mass is 10.1. The largest absolute Gasteiger partial charge is 0.494 e. The van der Waals surface area contributed by atoms with Crippen LogP contribution in [0.5, 0.6) is 5.75 Å². The van der Waals surface area contributed by atoms with Crippen LogP contribution in [-0.4, -0.2) is 43.2 Å². The number of ether oxygens (including phenoxy) is 2. The fourth-order valence-corrected chi connectivity index (χ4v) is 3.05. The zero-order chi connectivity index (χ0) is 14.9. The second kappa shape index (κ2) is 6.20. The molecule has 1 saturated heterocycles. The normalized spacial score (nSPS) is 22.8. The van der Waals surface area contributed by atoms with Crippen LogP contribution in [0, 0.1) is 0 Å². The lowest BCUT2D eigenvalue weighted by molar-refractivity contribution is -0.0586. The summed E-state index contributed by atoms with van der Waals surface area (Å²) in [5.41, 5.74) is 0.460. The molecule has 2 rings (SSSR count). The van der Waals surface area contributed by atoms with Crippen LogP contribution < -0.4 is 4.74 Å². The third-order valence-electron chi connectivity index (χ3n) is 3.16. The van der Waals surface area contributed by atoms with Crippen molar-refractivity contribution in [3.63, 3.8) is 0 Å². The number of carbonyl (C=O) groups excluding carboxylic acids is 1. The van der Waals surface area contributed by atoms with E-state index in [2.05, 4.69) is 0 Å². The highest BCUT2D eigenvalue weighted by Crippen LogP contribution is 2.34. The van der Waals surface area contributed by atoms with Gasteiger partial charge < -0.3 is 14.4 Å². The zero-order valence-electron chi connectivity index (χ0n) is 11.7. The lowest BCUT2D eigenvalue weighted by Crippen LogP contribution is -2.48. The van der Waals surface area contributed by atoms with Crippen molar-refractivity contribution < 1.29 is 14.3 Å². The second-order valence-corrected chi connectivity index (χ2v) is 5.75. The Labute approximate surface area is 128 Å². The average Bonchev–Trinajstić information content (AvgIpc) is 2.36.